The number of hydrogen-bond donors (Lipinski definition) is 1. The number of sulfonamides is 1. The summed E-state index contributed by atoms with van der Waals surface area (Å²) in [4.78, 5) is 11.5. The first-order valence-electron chi connectivity index (χ1n) is 8.19. The fraction of sp³-hybridized carbons (Fsp3) is 0.118. The molecule has 0 bridgehead atoms. The molecule has 1 aromatic heterocycles. The molecule has 3 rings (SSSR count). The SMILES string of the molecule is Cc1c(C(=O)NS(=O)(=O)c2ccc(F)cc2F)nnn1-c1ccc(OC(F)F)cc1Cl. The van der Waals surface area contributed by atoms with Crippen LogP contribution in [0.25, 0.3) is 5.69 Å². The third-order valence-electron chi connectivity index (χ3n) is 3.89. The summed E-state index contributed by atoms with van der Waals surface area (Å²) in [5.74, 6) is -3.84. The molecule has 1 amide bonds. The lowest BCUT2D eigenvalue weighted by molar-refractivity contribution is -0.0498. The van der Waals surface area contributed by atoms with Crippen molar-refractivity contribution < 1.29 is 35.5 Å². The average molecular weight is 479 g/mol. The lowest BCUT2D eigenvalue weighted by atomic mass is 10.2. The molecule has 164 valence electrons. The van der Waals surface area contributed by atoms with Gasteiger partial charge in [-0.05, 0) is 31.2 Å². The Labute approximate surface area is 177 Å². The zero-order chi connectivity index (χ0) is 22.9. The van der Waals surface area contributed by atoms with Crippen LogP contribution in [0.2, 0.25) is 5.02 Å². The number of nitrogens with one attached hydrogen (secondary N) is 1. The van der Waals surface area contributed by atoms with Crippen molar-refractivity contribution in [1.82, 2.24) is 19.7 Å². The van der Waals surface area contributed by atoms with Crippen LogP contribution in [0.4, 0.5) is 17.6 Å². The Hall–Kier alpha value is -3.19. The molecular weight excluding hydrogens is 468 g/mol. The van der Waals surface area contributed by atoms with Crippen molar-refractivity contribution in [1.29, 1.82) is 0 Å². The number of alkyl halides is 2. The van der Waals surface area contributed by atoms with Crippen LogP contribution in [-0.2, 0) is 10.0 Å². The Morgan fingerprint density at radius 3 is 2.52 bits per heavy atom. The molecule has 0 radical (unpaired) electrons. The highest BCUT2D eigenvalue weighted by Crippen LogP contribution is 2.27. The molecule has 0 saturated carbocycles. The van der Waals surface area contributed by atoms with Gasteiger partial charge in [-0.3, -0.25) is 4.79 Å². The van der Waals surface area contributed by atoms with E-state index < -0.39 is 44.8 Å². The Balaban J connectivity index is 1.88. The molecule has 31 heavy (non-hydrogen) atoms. The molecule has 8 nitrogen and oxygen atoms in total. The summed E-state index contributed by atoms with van der Waals surface area (Å²) in [5, 5.41) is 7.23. The largest absolute Gasteiger partial charge is 0.435 e. The molecule has 1 heterocycles. The van der Waals surface area contributed by atoms with Crippen molar-refractivity contribution in [2.75, 3.05) is 0 Å². The van der Waals surface area contributed by atoms with Gasteiger partial charge in [0.05, 0.1) is 16.4 Å². The van der Waals surface area contributed by atoms with Crippen molar-refractivity contribution in [3.05, 3.63) is 64.4 Å². The number of nitrogens with zero attached hydrogens (tertiary/aromatic N) is 3. The van der Waals surface area contributed by atoms with Crippen molar-refractivity contribution in [3.63, 3.8) is 0 Å². The van der Waals surface area contributed by atoms with E-state index in [0.29, 0.717) is 18.2 Å². The van der Waals surface area contributed by atoms with Crippen molar-refractivity contribution in [3.8, 4) is 11.4 Å². The number of hydrogen-bond acceptors (Lipinski definition) is 6. The van der Waals surface area contributed by atoms with E-state index >= 15 is 0 Å². The first-order valence-corrected chi connectivity index (χ1v) is 10.0. The third kappa shape index (κ3) is 4.77. The molecule has 0 fully saturated rings. The van der Waals surface area contributed by atoms with Gasteiger partial charge in [0.2, 0.25) is 0 Å². The maximum absolute atomic E-state index is 13.8. The number of aromatic nitrogens is 3. The zero-order valence-corrected chi connectivity index (χ0v) is 16.9. The van der Waals surface area contributed by atoms with Crippen LogP contribution in [0.3, 0.4) is 0 Å². The molecule has 0 atom stereocenters. The van der Waals surface area contributed by atoms with Crippen LogP contribution in [0, 0.1) is 18.6 Å². The first-order chi connectivity index (χ1) is 14.5. The normalized spacial score (nSPS) is 11.6. The second kappa shape index (κ2) is 8.51. The van der Waals surface area contributed by atoms with Gasteiger partial charge in [-0.1, -0.05) is 16.8 Å². The molecule has 14 heteroatoms. The monoisotopic (exact) mass is 478 g/mol. The Kier molecular flexibility index (Phi) is 6.18. The Morgan fingerprint density at radius 2 is 1.90 bits per heavy atom. The molecule has 0 aliphatic rings. The summed E-state index contributed by atoms with van der Waals surface area (Å²) in [6, 6.07) is 5.26. The fourth-order valence-electron chi connectivity index (χ4n) is 2.52. The second-order valence-corrected chi connectivity index (χ2v) is 7.99. The highest BCUT2D eigenvalue weighted by atomic mass is 35.5. The minimum Gasteiger partial charge on any atom is -0.435 e. The summed E-state index contributed by atoms with van der Waals surface area (Å²) < 4.78 is 82.8. The van der Waals surface area contributed by atoms with Crippen LogP contribution in [0.5, 0.6) is 5.75 Å². The number of rotatable bonds is 6. The molecule has 2 aromatic carbocycles. The maximum Gasteiger partial charge on any atom is 0.387 e. The van der Waals surface area contributed by atoms with Gasteiger partial charge in [-0.15, -0.1) is 5.10 Å². The molecule has 1 N–H and O–H groups in total. The lowest BCUT2D eigenvalue weighted by Crippen LogP contribution is -2.32. The Morgan fingerprint density at radius 1 is 1.19 bits per heavy atom. The predicted molar refractivity (Wildman–Crippen MR) is 98.7 cm³/mol. The van der Waals surface area contributed by atoms with Gasteiger partial charge in [0, 0.05) is 12.1 Å². The maximum atomic E-state index is 13.8. The summed E-state index contributed by atoms with van der Waals surface area (Å²) >= 11 is 6.04. The second-order valence-electron chi connectivity index (χ2n) is 5.94. The van der Waals surface area contributed by atoms with Gasteiger partial charge < -0.3 is 4.74 Å². The minimum atomic E-state index is -4.68. The van der Waals surface area contributed by atoms with Gasteiger partial charge >= 0.3 is 6.61 Å². The molecule has 0 unspecified atom stereocenters. The quantitative estimate of drug-likeness (QED) is 0.546. The molecule has 0 aliphatic carbocycles. The number of benzene rings is 2. The molecule has 0 saturated heterocycles. The number of carbonyl (C=O) groups is 1. The predicted octanol–water partition coefficient (Wildman–Crippen LogP) is 3.23. The van der Waals surface area contributed by atoms with E-state index in [4.69, 9.17) is 11.6 Å². The van der Waals surface area contributed by atoms with Gasteiger partial charge in [-0.2, -0.15) is 8.78 Å². The van der Waals surface area contributed by atoms with E-state index in [9.17, 15) is 30.8 Å². The van der Waals surface area contributed by atoms with Gasteiger partial charge in [-0.25, -0.2) is 26.6 Å². The van der Waals surface area contributed by atoms with E-state index in [1.807, 2.05) is 0 Å². The topological polar surface area (TPSA) is 103 Å². The van der Waals surface area contributed by atoms with E-state index in [1.165, 1.54) is 19.1 Å². The first kappa shape index (κ1) is 22.5. The van der Waals surface area contributed by atoms with E-state index in [0.717, 1.165) is 10.7 Å². The number of ether oxygens (including phenoxy) is 1. The number of carbonyl (C=O) groups excluding carboxylic acids is 1. The van der Waals surface area contributed by atoms with E-state index in [-0.39, 0.29) is 22.2 Å². The summed E-state index contributed by atoms with van der Waals surface area (Å²) in [7, 11) is -4.68. The van der Waals surface area contributed by atoms with Gasteiger partial charge in [0.1, 0.15) is 22.3 Å². The fourth-order valence-corrected chi connectivity index (χ4v) is 3.79. The Bertz CT molecular complexity index is 1270. The van der Waals surface area contributed by atoms with Crippen LogP contribution in [0.1, 0.15) is 16.2 Å². The number of amides is 1. The molecule has 3 aromatic rings. The van der Waals surface area contributed by atoms with Gasteiger partial charge in [0.25, 0.3) is 15.9 Å². The lowest BCUT2D eigenvalue weighted by Gasteiger charge is -2.10. The van der Waals surface area contributed by atoms with Gasteiger partial charge in [0.15, 0.2) is 5.69 Å². The molecular formula is C17H11ClF4N4O4S. The molecule has 0 aliphatic heterocycles. The molecule has 0 spiro atoms. The van der Waals surface area contributed by atoms with Crippen molar-refractivity contribution in [2.45, 2.75) is 18.4 Å². The minimum absolute atomic E-state index is 0.0386. The van der Waals surface area contributed by atoms with Crippen LogP contribution in [-0.4, -0.2) is 35.9 Å². The third-order valence-corrected chi connectivity index (χ3v) is 5.56. The standard InChI is InChI=1S/C17H11ClF4N4O4S/c1-8-15(16(27)24-31(28,29)14-5-2-9(19)6-12(14)20)23-25-26(8)13-4-3-10(7-11(13)18)30-17(21)22/h2-7,17H,1H3,(H,24,27). The van der Waals surface area contributed by atoms with Crippen LogP contribution in [0.15, 0.2) is 41.3 Å². The smallest absolute Gasteiger partial charge is 0.387 e. The van der Waals surface area contributed by atoms with Crippen LogP contribution >= 0.6 is 11.6 Å². The van der Waals surface area contributed by atoms with Crippen molar-refractivity contribution in [2.24, 2.45) is 0 Å². The summed E-state index contributed by atoms with van der Waals surface area (Å²) in [5.41, 5.74) is -0.258. The number of halogens is 5. The van der Waals surface area contributed by atoms with E-state index in [1.54, 1.807) is 4.72 Å². The van der Waals surface area contributed by atoms with E-state index in [2.05, 4.69) is 15.0 Å². The van der Waals surface area contributed by atoms with Crippen molar-refractivity contribution >= 4 is 27.5 Å². The average Bonchev–Trinajstić information content (AvgIpc) is 3.02. The summed E-state index contributed by atoms with van der Waals surface area (Å²) in [6.07, 6.45) is 0. The highest BCUT2D eigenvalue weighted by molar-refractivity contribution is 7.90. The summed E-state index contributed by atoms with van der Waals surface area (Å²) in [6.45, 7) is -1.70. The highest BCUT2D eigenvalue weighted by Gasteiger charge is 2.26. The van der Waals surface area contributed by atoms with Crippen LogP contribution < -0.4 is 9.46 Å². The zero-order valence-electron chi connectivity index (χ0n) is 15.3.